The van der Waals surface area contributed by atoms with Crippen LogP contribution < -0.4 is 10.1 Å². The molecule has 0 saturated carbocycles. The Kier molecular flexibility index (Phi) is 9.03. The highest BCUT2D eigenvalue weighted by atomic mass is 16.5. The number of nitrogens with zero attached hydrogens (tertiary/aromatic N) is 2. The summed E-state index contributed by atoms with van der Waals surface area (Å²) in [5, 5.41) is 3.25. The molecular formula is C27H31N3O4. The molecule has 0 radical (unpaired) electrons. The number of anilines is 2. The van der Waals surface area contributed by atoms with Crippen LogP contribution in [0.5, 0.6) is 5.88 Å². The summed E-state index contributed by atoms with van der Waals surface area (Å²) in [6, 6.07) is 17.3. The van der Waals surface area contributed by atoms with E-state index in [9.17, 15) is 4.79 Å². The highest BCUT2D eigenvalue weighted by molar-refractivity contribution is 6.16. The van der Waals surface area contributed by atoms with Crippen molar-refractivity contribution in [3.8, 4) is 5.88 Å². The number of ether oxygens (including phenoxy) is 3. The number of esters is 1. The molecule has 0 unspecified atom stereocenters. The summed E-state index contributed by atoms with van der Waals surface area (Å²) in [7, 11) is 2.84. The van der Waals surface area contributed by atoms with Gasteiger partial charge in [0.1, 0.15) is 12.2 Å². The summed E-state index contributed by atoms with van der Waals surface area (Å²) in [6.45, 7) is 4.34. The lowest BCUT2D eigenvalue weighted by atomic mass is 10.0. The van der Waals surface area contributed by atoms with E-state index < -0.39 is 5.97 Å². The molecule has 0 spiro atoms. The molecule has 1 aromatic heterocycles. The first-order valence-corrected chi connectivity index (χ1v) is 11.3. The zero-order valence-electron chi connectivity index (χ0n) is 20.1. The molecule has 0 atom stereocenters. The molecule has 1 heterocycles. The summed E-state index contributed by atoms with van der Waals surface area (Å²) < 4.78 is 16.3. The average molecular weight is 462 g/mol. The van der Waals surface area contributed by atoms with Gasteiger partial charge in [-0.05, 0) is 43.0 Å². The Hall–Kier alpha value is -3.87. The topological polar surface area (TPSA) is 82.6 Å². The Bertz CT molecular complexity index is 1130. The number of hydrogen-bond acceptors (Lipinski definition) is 7. The zero-order chi connectivity index (χ0) is 24.3. The summed E-state index contributed by atoms with van der Waals surface area (Å²) >= 11 is 0. The van der Waals surface area contributed by atoms with Crippen molar-refractivity contribution in [2.75, 3.05) is 19.5 Å². The molecule has 3 aromatic rings. The first-order chi connectivity index (χ1) is 16.6. The first kappa shape index (κ1) is 24.8. The number of carbonyl (C=O) groups excluding carboxylic acids is 1. The summed E-state index contributed by atoms with van der Waals surface area (Å²) in [5.74, 6) is 0.524. The van der Waals surface area contributed by atoms with E-state index in [4.69, 9.17) is 14.2 Å². The quantitative estimate of drug-likeness (QED) is 0.226. The third-order valence-electron chi connectivity index (χ3n) is 5.30. The van der Waals surface area contributed by atoms with Gasteiger partial charge in [0, 0.05) is 16.9 Å². The summed E-state index contributed by atoms with van der Waals surface area (Å²) in [4.78, 5) is 21.7. The van der Waals surface area contributed by atoms with Crippen molar-refractivity contribution in [1.29, 1.82) is 0 Å². The molecular weight excluding hydrogens is 430 g/mol. The van der Waals surface area contributed by atoms with Crippen molar-refractivity contribution in [3.63, 3.8) is 0 Å². The maximum absolute atomic E-state index is 12.3. The van der Waals surface area contributed by atoms with Crippen LogP contribution in [0.4, 0.5) is 11.6 Å². The zero-order valence-corrected chi connectivity index (χ0v) is 20.1. The van der Waals surface area contributed by atoms with Crippen molar-refractivity contribution < 1.29 is 19.0 Å². The minimum absolute atomic E-state index is 0.217. The fourth-order valence-corrected chi connectivity index (χ4v) is 3.54. The summed E-state index contributed by atoms with van der Waals surface area (Å²) in [5.41, 5.74) is 4.57. The van der Waals surface area contributed by atoms with Crippen LogP contribution in [0.2, 0.25) is 0 Å². The number of nitrogens with one attached hydrogen (secondary N) is 1. The van der Waals surface area contributed by atoms with Gasteiger partial charge in [0.15, 0.2) is 0 Å². The lowest BCUT2D eigenvalue weighted by Crippen LogP contribution is -2.10. The monoisotopic (exact) mass is 461 g/mol. The van der Waals surface area contributed by atoms with E-state index >= 15 is 0 Å². The van der Waals surface area contributed by atoms with E-state index in [-0.39, 0.29) is 6.61 Å². The third-order valence-corrected chi connectivity index (χ3v) is 5.30. The van der Waals surface area contributed by atoms with Crippen molar-refractivity contribution in [3.05, 3.63) is 83.2 Å². The van der Waals surface area contributed by atoms with Gasteiger partial charge in [-0.25, -0.2) is 9.78 Å². The third kappa shape index (κ3) is 6.34. The fraction of sp³-hybridized carbons (Fsp3) is 0.296. The lowest BCUT2D eigenvalue weighted by Gasteiger charge is -2.16. The van der Waals surface area contributed by atoms with E-state index in [1.165, 1.54) is 20.5 Å². The van der Waals surface area contributed by atoms with Crippen LogP contribution in [0.15, 0.2) is 60.9 Å². The SMILES string of the molecule is CCCCc1c(C)nc(Nc2ccccc2)nc1OCc1ccccc1/C(=C\OC)C(=O)OC. The van der Waals surface area contributed by atoms with Crippen LogP contribution in [0.3, 0.4) is 0 Å². The standard InChI is InChI=1S/C27H31N3O4/c1-5-6-15-22-19(2)28-27(29-21-13-8-7-9-14-21)30-25(22)34-17-20-12-10-11-16-23(20)24(18-32-3)26(31)33-4/h7-14,16,18H,5-6,15,17H2,1-4H3,(H,28,29,30)/b24-18+. The van der Waals surface area contributed by atoms with Crippen molar-refractivity contribution in [2.24, 2.45) is 0 Å². The van der Waals surface area contributed by atoms with Crippen molar-refractivity contribution in [2.45, 2.75) is 39.7 Å². The number of methoxy groups -OCH3 is 2. The second-order valence-electron chi connectivity index (χ2n) is 7.72. The van der Waals surface area contributed by atoms with Gasteiger partial charge in [-0.3, -0.25) is 0 Å². The molecule has 0 fully saturated rings. The van der Waals surface area contributed by atoms with E-state index in [0.29, 0.717) is 23.0 Å². The smallest absolute Gasteiger partial charge is 0.341 e. The van der Waals surface area contributed by atoms with E-state index in [1.807, 2.05) is 61.5 Å². The normalized spacial score (nSPS) is 11.1. The fourth-order valence-electron chi connectivity index (χ4n) is 3.54. The van der Waals surface area contributed by atoms with Gasteiger partial charge >= 0.3 is 5.97 Å². The second-order valence-corrected chi connectivity index (χ2v) is 7.72. The van der Waals surface area contributed by atoms with Crippen LogP contribution in [-0.4, -0.2) is 30.2 Å². The van der Waals surface area contributed by atoms with Gasteiger partial charge in [-0.15, -0.1) is 0 Å². The maximum Gasteiger partial charge on any atom is 0.341 e. The Morgan fingerprint density at radius 3 is 2.47 bits per heavy atom. The van der Waals surface area contributed by atoms with E-state index in [0.717, 1.165) is 41.8 Å². The number of para-hydroxylation sites is 1. The molecule has 0 aliphatic heterocycles. The first-order valence-electron chi connectivity index (χ1n) is 11.3. The van der Waals surface area contributed by atoms with Crippen LogP contribution in [0, 0.1) is 6.92 Å². The number of benzene rings is 2. The van der Waals surface area contributed by atoms with Gasteiger partial charge < -0.3 is 19.5 Å². The van der Waals surface area contributed by atoms with Crippen LogP contribution in [0.25, 0.3) is 5.57 Å². The number of unbranched alkanes of at least 4 members (excludes halogenated alkanes) is 1. The molecule has 1 N–H and O–H groups in total. The number of aryl methyl sites for hydroxylation is 1. The minimum atomic E-state index is -0.481. The predicted molar refractivity (Wildman–Crippen MR) is 133 cm³/mol. The number of aromatic nitrogens is 2. The molecule has 7 heteroatoms. The number of rotatable bonds is 11. The molecule has 0 saturated heterocycles. The molecule has 7 nitrogen and oxygen atoms in total. The maximum atomic E-state index is 12.3. The summed E-state index contributed by atoms with van der Waals surface area (Å²) in [6.07, 6.45) is 4.26. The Labute approximate surface area is 200 Å². The van der Waals surface area contributed by atoms with Crippen LogP contribution in [-0.2, 0) is 27.3 Å². The Morgan fingerprint density at radius 2 is 1.76 bits per heavy atom. The largest absolute Gasteiger partial charge is 0.503 e. The minimum Gasteiger partial charge on any atom is -0.503 e. The molecule has 3 rings (SSSR count). The molecule has 0 bridgehead atoms. The molecule has 178 valence electrons. The predicted octanol–water partition coefficient (Wildman–Crippen LogP) is 5.61. The van der Waals surface area contributed by atoms with Gasteiger partial charge in [-0.1, -0.05) is 55.8 Å². The van der Waals surface area contributed by atoms with Gasteiger partial charge in [0.2, 0.25) is 11.8 Å². The van der Waals surface area contributed by atoms with Crippen molar-refractivity contribution in [1.82, 2.24) is 9.97 Å². The lowest BCUT2D eigenvalue weighted by molar-refractivity contribution is -0.133. The Morgan fingerprint density at radius 1 is 1.03 bits per heavy atom. The second kappa shape index (κ2) is 12.4. The molecule has 34 heavy (non-hydrogen) atoms. The Balaban J connectivity index is 1.92. The van der Waals surface area contributed by atoms with Crippen molar-refractivity contribution >= 4 is 23.2 Å². The highest BCUT2D eigenvalue weighted by Gasteiger charge is 2.18. The highest BCUT2D eigenvalue weighted by Crippen LogP contribution is 2.27. The molecule has 2 aromatic carbocycles. The number of hydrogen-bond donors (Lipinski definition) is 1. The van der Waals surface area contributed by atoms with Gasteiger partial charge in [0.05, 0.1) is 20.5 Å². The molecule has 0 aliphatic rings. The van der Waals surface area contributed by atoms with E-state index in [1.54, 1.807) is 0 Å². The average Bonchev–Trinajstić information content (AvgIpc) is 2.86. The number of carbonyl (C=O) groups is 1. The van der Waals surface area contributed by atoms with E-state index in [2.05, 4.69) is 22.2 Å². The molecule has 0 amide bonds. The van der Waals surface area contributed by atoms with Gasteiger partial charge in [0.25, 0.3) is 0 Å². The molecule has 0 aliphatic carbocycles. The van der Waals surface area contributed by atoms with Crippen LogP contribution in [0.1, 0.15) is 42.1 Å². The van der Waals surface area contributed by atoms with Crippen LogP contribution >= 0.6 is 0 Å². The van der Waals surface area contributed by atoms with Gasteiger partial charge in [-0.2, -0.15) is 4.98 Å².